The summed E-state index contributed by atoms with van der Waals surface area (Å²) in [5.41, 5.74) is 1.13. The smallest absolute Gasteiger partial charge is 0.266 e. The highest BCUT2D eigenvalue weighted by molar-refractivity contribution is 7.89. The molecule has 4 rings (SSSR count). The third-order valence-corrected chi connectivity index (χ3v) is 7.87. The zero-order chi connectivity index (χ0) is 22.0. The molecule has 0 bridgehead atoms. The SMILES string of the molecule is O=c1c(Cl)c(Cl)cnn1-c1ccc(S(=O)(=O)NC2CCC(c3ccccc3)CC2)cc1. The van der Waals surface area contributed by atoms with Gasteiger partial charge in [-0.3, -0.25) is 4.79 Å². The number of sulfonamides is 1. The van der Waals surface area contributed by atoms with E-state index < -0.39 is 15.6 Å². The van der Waals surface area contributed by atoms with E-state index in [0.29, 0.717) is 11.6 Å². The minimum Gasteiger partial charge on any atom is -0.266 e. The quantitative estimate of drug-likeness (QED) is 0.584. The van der Waals surface area contributed by atoms with Crippen LogP contribution in [0.3, 0.4) is 0 Å². The second-order valence-electron chi connectivity index (χ2n) is 7.60. The maximum atomic E-state index is 12.8. The molecule has 1 heterocycles. The summed E-state index contributed by atoms with van der Waals surface area (Å²) in [7, 11) is -3.67. The minimum atomic E-state index is -3.67. The molecule has 0 saturated heterocycles. The molecule has 0 unspecified atom stereocenters. The highest BCUT2D eigenvalue weighted by atomic mass is 35.5. The lowest BCUT2D eigenvalue weighted by molar-refractivity contribution is 0.374. The van der Waals surface area contributed by atoms with E-state index in [9.17, 15) is 13.2 Å². The molecule has 0 atom stereocenters. The molecule has 0 aliphatic heterocycles. The van der Waals surface area contributed by atoms with E-state index in [1.165, 1.54) is 36.0 Å². The Kier molecular flexibility index (Phi) is 6.48. The fourth-order valence-electron chi connectivity index (χ4n) is 3.92. The average Bonchev–Trinajstić information content (AvgIpc) is 2.79. The molecule has 6 nitrogen and oxygen atoms in total. The number of hydrogen-bond donors (Lipinski definition) is 1. The molecular formula is C22H21Cl2N3O3S. The number of nitrogens with one attached hydrogen (secondary N) is 1. The molecule has 1 saturated carbocycles. The van der Waals surface area contributed by atoms with E-state index in [0.717, 1.165) is 30.4 Å². The van der Waals surface area contributed by atoms with Crippen molar-refractivity contribution in [1.29, 1.82) is 0 Å². The monoisotopic (exact) mass is 477 g/mol. The van der Waals surface area contributed by atoms with Gasteiger partial charge in [0.1, 0.15) is 5.02 Å². The summed E-state index contributed by atoms with van der Waals surface area (Å²) in [4.78, 5) is 12.4. The Hall–Kier alpha value is -2.19. The maximum absolute atomic E-state index is 12.8. The molecular weight excluding hydrogens is 457 g/mol. The lowest BCUT2D eigenvalue weighted by Crippen LogP contribution is -2.37. The van der Waals surface area contributed by atoms with Crippen LogP contribution in [0, 0.1) is 0 Å². The maximum Gasteiger partial charge on any atom is 0.291 e. The van der Waals surface area contributed by atoms with Crippen molar-refractivity contribution in [2.75, 3.05) is 0 Å². The highest BCUT2D eigenvalue weighted by Crippen LogP contribution is 2.33. The summed E-state index contributed by atoms with van der Waals surface area (Å²) >= 11 is 11.7. The third-order valence-electron chi connectivity index (χ3n) is 5.59. The van der Waals surface area contributed by atoms with Crippen molar-refractivity contribution in [3.8, 4) is 5.69 Å². The molecule has 9 heteroatoms. The second kappa shape index (κ2) is 9.12. The zero-order valence-electron chi connectivity index (χ0n) is 16.5. The molecule has 0 spiro atoms. The summed E-state index contributed by atoms with van der Waals surface area (Å²) < 4.78 is 29.6. The zero-order valence-corrected chi connectivity index (χ0v) is 18.9. The molecule has 3 aromatic rings. The Morgan fingerprint density at radius 2 is 1.58 bits per heavy atom. The lowest BCUT2D eigenvalue weighted by atomic mass is 9.82. The van der Waals surface area contributed by atoms with Crippen molar-refractivity contribution < 1.29 is 8.42 Å². The molecule has 31 heavy (non-hydrogen) atoms. The number of nitrogens with zero attached hydrogens (tertiary/aromatic N) is 2. The van der Waals surface area contributed by atoms with Gasteiger partial charge in [-0.2, -0.15) is 9.78 Å². The fourth-order valence-corrected chi connectivity index (χ4v) is 5.48. The highest BCUT2D eigenvalue weighted by Gasteiger charge is 2.26. The van der Waals surface area contributed by atoms with Gasteiger partial charge in [0.05, 0.1) is 21.8 Å². The normalized spacial score (nSPS) is 19.3. The number of benzene rings is 2. The van der Waals surface area contributed by atoms with Gasteiger partial charge in [-0.05, 0) is 61.4 Å². The molecule has 0 radical (unpaired) electrons. The van der Waals surface area contributed by atoms with Crippen molar-refractivity contribution in [3.05, 3.63) is 86.8 Å². The first-order valence-electron chi connectivity index (χ1n) is 9.96. The molecule has 1 N–H and O–H groups in total. The van der Waals surface area contributed by atoms with Gasteiger partial charge in [-0.25, -0.2) is 13.1 Å². The fraction of sp³-hybridized carbons (Fsp3) is 0.273. The molecule has 1 aliphatic carbocycles. The standard InChI is InChI=1S/C22H21Cl2N3O3S/c23-20-14-25-27(22(28)21(20)24)18-10-12-19(13-11-18)31(29,30)26-17-8-6-16(7-9-17)15-4-2-1-3-5-15/h1-5,10-14,16-17,26H,6-9H2. The lowest BCUT2D eigenvalue weighted by Gasteiger charge is -2.29. The van der Waals surface area contributed by atoms with Gasteiger partial charge in [-0.1, -0.05) is 53.5 Å². The molecule has 1 aromatic heterocycles. The van der Waals surface area contributed by atoms with E-state index in [4.69, 9.17) is 23.2 Å². The Morgan fingerprint density at radius 1 is 0.935 bits per heavy atom. The van der Waals surface area contributed by atoms with E-state index >= 15 is 0 Å². The van der Waals surface area contributed by atoms with Crippen LogP contribution in [0.1, 0.15) is 37.2 Å². The summed E-state index contributed by atoms with van der Waals surface area (Å²) in [5.74, 6) is 0.471. The van der Waals surface area contributed by atoms with Crippen LogP contribution in [0.2, 0.25) is 10.0 Å². The van der Waals surface area contributed by atoms with Crippen molar-refractivity contribution >= 4 is 33.2 Å². The van der Waals surface area contributed by atoms with Gasteiger partial charge in [0.15, 0.2) is 0 Å². The summed E-state index contributed by atoms with van der Waals surface area (Å²) in [6.45, 7) is 0. The number of halogens is 2. The molecule has 0 amide bonds. The third kappa shape index (κ3) is 4.85. The van der Waals surface area contributed by atoms with Crippen LogP contribution < -0.4 is 10.3 Å². The van der Waals surface area contributed by atoms with Gasteiger partial charge < -0.3 is 0 Å². The Balaban J connectivity index is 1.44. The predicted octanol–water partition coefficient (Wildman–Crippen LogP) is 4.54. The van der Waals surface area contributed by atoms with Crippen molar-refractivity contribution in [2.45, 2.75) is 42.5 Å². The number of hydrogen-bond acceptors (Lipinski definition) is 4. The largest absolute Gasteiger partial charge is 0.291 e. The van der Waals surface area contributed by atoms with E-state index in [1.807, 2.05) is 18.2 Å². The van der Waals surface area contributed by atoms with E-state index in [2.05, 4.69) is 22.0 Å². The second-order valence-corrected chi connectivity index (χ2v) is 10.1. The van der Waals surface area contributed by atoms with Crippen LogP contribution in [-0.4, -0.2) is 24.2 Å². The van der Waals surface area contributed by atoms with Crippen molar-refractivity contribution in [3.63, 3.8) is 0 Å². The Bertz CT molecular complexity index is 1220. The predicted molar refractivity (Wildman–Crippen MR) is 122 cm³/mol. The number of rotatable bonds is 5. The average molecular weight is 478 g/mol. The van der Waals surface area contributed by atoms with E-state index in [-0.39, 0.29) is 21.0 Å². The summed E-state index contributed by atoms with van der Waals surface area (Å²) in [5, 5.41) is 3.87. The molecule has 1 fully saturated rings. The van der Waals surface area contributed by atoms with Crippen LogP contribution >= 0.6 is 23.2 Å². The van der Waals surface area contributed by atoms with Gasteiger partial charge >= 0.3 is 0 Å². The Morgan fingerprint density at radius 3 is 2.23 bits per heavy atom. The van der Waals surface area contributed by atoms with Crippen molar-refractivity contribution in [1.82, 2.24) is 14.5 Å². The molecule has 1 aliphatic rings. The first-order valence-corrected chi connectivity index (χ1v) is 12.2. The number of aromatic nitrogens is 2. The van der Waals surface area contributed by atoms with Gasteiger partial charge in [0, 0.05) is 6.04 Å². The van der Waals surface area contributed by atoms with Crippen LogP contribution in [0.4, 0.5) is 0 Å². The van der Waals surface area contributed by atoms with Crippen molar-refractivity contribution in [2.24, 2.45) is 0 Å². The summed E-state index contributed by atoms with van der Waals surface area (Å²) in [6, 6.07) is 16.2. The van der Waals surface area contributed by atoms with Gasteiger partial charge in [0.2, 0.25) is 10.0 Å². The van der Waals surface area contributed by atoms with Gasteiger partial charge in [-0.15, -0.1) is 0 Å². The van der Waals surface area contributed by atoms with Crippen LogP contribution in [0.5, 0.6) is 0 Å². The minimum absolute atomic E-state index is 0.0632. The topological polar surface area (TPSA) is 81.1 Å². The molecule has 2 aromatic carbocycles. The Labute approximate surface area is 190 Å². The van der Waals surface area contributed by atoms with Crippen LogP contribution in [0.25, 0.3) is 5.69 Å². The molecule has 162 valence electrons. The van der Waals surface area contributed by atoms with Crippen LogP contribution in [0.15, 0.2) is 70.5 Å². The van der Waals surface area contributed by atoms with E-state index in [1.54, 1.807) is 0 Å². The first kappa shape index (κ1) is 22.0. The van der Waals surface area contributed by atoms with Crippen LogP contribution in [-0.2, 0) is 10.0 Å². The first-order chi connectivity index (χ1) is 14.8. The summed E-state index contributed by atoms with van der Waals surface area (Å²) in [6.07, 6.45) is 4.74. The van der Waals surface area contributed by atoms with Gasteiger partial charge in [0.25, 0.3) is 5.56 Å².